The molecule has 3 aromatic rings. The van der Waals surface area contributed by atoms with Gasteiger partial charge in [0.2, 0.25) is 5.91 Å². The zero-order valence-corrected chi connectivity index (χ0v) is 16.0. The summed E-state index contributed by atoms with van der Waals surface area (Å²) < 4.78 is 1.20. The zero-order chi connectivity index (χ0) is 18.1. The Labute approximate surface area is 157 Å². The second kappa shape index (κ2) is 7.08. The van der Waals surface area contributed by atoms with E-state index in [1.54, 1.807) is 11.3 Å². The molecule has 2 heterocycles. The number of benzene rings is 2. The fraction of sp³-hybridized carbons (Fsp3) is 0.333. The molecule has 2 aromatic carbocycles. The van der Waals surface area contributed by atoms with Crippen LogP contribution in [0.5, 0.6) is 0 Å². The minimum Gasteiger partial charge on any atom is -0.347 e. The molecule has 0 bridgehead atoms. The number of piperidine rings is 1. The topological polar surface area (TPSA) is 45.2 Å². The molecule has 26 heavy (non-hydrogen) atoms. The van der Waals surface area contributed by atoms with Crippen molar-refractivity contribution in [1.29, 1.82) is 0 Å². The van der Waals surface area contributed by atoms with Gasteiger partial charge in [-0.1, -0.05) is 35.6 Å². The van der Waals surface area contributed by atoms with Crippen LogP contribution in [0.2, 0.25) is 0 Å². The van der Waals surface area contributed by atoms with Gasteiger partial charge in [-0.05, 0) is 56.0 Å². The average Bonchev–Trinajstić information content (AvgIpc) is 3.09. The van der Waals surface area contributed by atoms with Gasteiger partial charge in [0.1, 0.15) is 0 Å². The quantitative estimate of drug-likeness (QED) is 0.727. The van der Waals surface area contributed by atoms with Crippen LogP contribution in [-0.4, -0.2) is 24.0 Å². The Hall–Kier alpha value is -2.40. The molecular weight excluding hydrogens is 342 g/mol. The number of carbonyl (C=O) groups is 1. The van der Waals surface area contributed by atoms with E-state index in [1.807, 2.05) is 38.1 Å². The van der Waals surface area contributed by atoms with Crippen LogP contribution in [-0.2, 0) is 4.79 Å². The highest BCUT2D eigenvalue weighted by atomic mass is 32.1. The molecule has 4 nitrogen and oxygen atoms in total. The SMILES string of the molecule is Cc1ccc(C)c(NC(=O)[C@@H]2CCCN(c3nc4ccccc4s3)C2)c1. The Bertz CT molecular complexity index is 916. The fourth-order valence-electron chi connectivity index (χ4n) is 3.47. The van der Waals surface area contributed by atoms with Crippen LogP contribution >= 0.6 is 11.3 Å². The van der Waals surface area contributed by atoms with Crippen molar-refractivity contribution >= 4 is 38.3 Å². The molecule has 1 aromatic heterocycles. The summed E-state index contributed by atoms with van der Waals surface area (Å²) in [4.78, 5) is 19.8. The van der Waals surface area contributed by atoms with Crippen molar-refractivity contribution in [2.24, 2.45) is 5.92 Å². The Kier molecular flexibility index (Phi) is 4.64. The predicted octanol–water partition coefficient (Wildman–Crippen LogP) is 4.77. The van der Waals surface area contributed by atoms with Crippen molar-refractivity contribution in [2.75, 3.05) is 23.3 Å². The summed E-state index contributed by atoms with van der Waals surface area (Å²) in [7, 11) is 0. The van der Waals surface area contributed by atoms with E-state index >= 15 is 0 Å². The van der Waals surface area contributed by atoms with Crippen molar-refractivity contribution in [2.45, 2.75) is 26.7 Å². The van der Waals surface area contributed by atoms with Crippen LogP contribution in [0.15, 0.2) is 42.5 Å². The van der Waals surface area contributed by atoms with E-state index in [4.69, 9.17) is 4.98 Å². The molecule has 0 aliphatic carbocycles. The Morgan fingerprint density at radius 2 is 2.08 bits per heavy atom. The largest absolute Gasteiger partial charge is 0.347 e. The Balaban J connectivity index is 1.49. The number of anilines is 2. The third kappa shape index (κ3) is 3.44. The summed E-state index contributed by atoms with van der Waals surface area (Å²) in [6.07, 6.45) is 1.94. The number of nitrogens with one attached hydrogen (secondary N) is 1. The van der Waals surface area contributed by atoms with Gasteiger partial charge < -0.3 is 10.2 Å². The van der Waals surface area contributed by atoms with Crippen molar-refractivity contribution in [3.05, 3.63) is 53.6 Å². The molecule has 1 amide bonds. The third-order valence-corrected chi connectivity index (χ3v) is 6.09. The molecule has 1 aliphatic heterocycles. The summed E-state index contributed by atoms with van der Waals surface area (Å²) >= 11 is 1.71. The number of hydrogen-bond acceptors (Lipinski definition) is 4. The van der Waals surface area contributed by atoms with Crippen LogP contribution < -0.4 is 10.2 Å². The molecule has 0 saturated carbocycles. The molecule has 1 fully saturated rings. The molecule has 1 aliphatic rings. The molecule has 1 N–H and O–H groups in total. The first-order valence-corrected chi connectivity index (χ1v) is 9.90. The lowest BCUT2D eigenvalue weighted by atomic mass is 9.97. The molecule has 4 rings (SSSR count). The minimum absolute atomic E-state index is 0.00401. The standard InChI is InChI=1S/C21H23N3OS/c1-14-9-10-15(2)18(12-14)22-20(25)16-6-5-11-24(13-16)21-23-17-7-3-4-8-19(17)26-21/h3-4,7-10,12,16H,5-6,11,13H2,1-2H3,(H,22,25)/t16-/m1/s1. The average molecular weight is 366 g/mol. The lowest BCUT2D eigenvalue weighted by molar-refractivity contribution is -0.120. The number of rotatable bonds is 3. The molecule has 1 saturated heterocycles. The normalized spacial score (nSPS) is 17.5. The van der Waals surface area contributed by atoms with E-state index in [1.165, 1.54) is 4.70 Å². The molecule has 5 heteroatoms. The van der Waals surface area contributed by atoms with Crippen LogP contribution in [0.25, 0.3) is 10.2 Å². The molecular formula is C21H23N3OS. The minimum atomic E-state index is -0.00401. The van der Waals surface area contributed by atoms with Crippen molar-refractivity contribution in [1.82, 2.24) is 4.98 Å². The highest BCUT2D eigenvalue weighted by molar-refractivity contribution is 7.22. The second-order valence-corrected chi connectivity index (χ2v) is 8.07. The lowest BCUT2D eigenvalue weighted by Crippen LogP contribution is -2.40. The number of carbonyl (C=O) groups excluding carboxylic acids is 1. The molecule has 0 spiro atoms. The van der Waals surface area contributed by atoms with Gasteiger partial charge >= 0.3 is 0 Å². The lowest BCUT2D eigenvalue weighted by Gasteiger charge is -2.31. The second-order valence-electron chi connectivity index (χ2n) is 7.06. The molecule has 1 atom stereocenters. The maximum absolute atomic E-state index is 12.8. The first-order chi connectivity index (χ1) is 12.6. The van der Waals surface area contributed by atoms with Gasteiger partial charge in [-0.25, -0.2) is 4.98 Å². The van der Waals surface area contributed by atoms with Gasteiger partial charge in [0.25, 0.3) is 0 Å². The van der Waals surface area contributed by atoms with Gasteiger partial charge in [0, 0.05) is 18.8 Å². The smallest absolute Gasteiger partial charge is 0.229 e. The molecule has 134 valence electrons. The van der Waals surface area contributed by atoms with E-state index in [-0.39, 0.29) is 11.8 Å². The van der Waals surface area contributed by atoms with E-state index in [0.29, 0.717) is 0 Å². The van der Waals surface area contributed by atoms with Crippen molar-refractivity contribution in [3.63, 3.8) is 0 Å². The fourth-order valence-corrected chi connectivity index (χ4v) is 4.47. The number of nitrogens with zero attached hydrogens (tertiary/aromatic N) is 2. The number of amides is 1. The number of fused-ring (bicyclic) bond motifs is 1. The maximum Gasteiger partial charge on any atom is 0.229 e. The number of aromatic nitrogens is 1. The van der Waals surface area contributed by atoms with Crippen LogP contribution in [0.3, 0.4) is 0 Å². The zero-order valence-electron chi connectivity index (χ0n) is 15.2. The monoisotopic (exact) mass is 365 g/mol. The van der Waals surface area contributed by atoms with Gasteiger partial charge in [-0.2, -0.15) is 0 Å². The van der Waals surface area contributed by atoms with E-state index in [2.05, 4.69) is 28.4 Å². The van der Waals surface area contributed by atoms with E-state index < -0.39 is 0 Å². The number of para-hydroxylation sites is 1. The molecule has 0 radical (unpaired) electrons. The van der Waals surface area contributed by atoms with Crippen molar-refractivity contribution < 1.29 is 4.79 Å². The summed E-state index contributed by atoms with van der Waals surface area (Å²) in [5.74, 6) is 0.111. The predicted molar refractivity (Wildman–Crippen MR) is 109 cm³/mol. The van der Waals surface area contributed by atoms with Gasteiger partial charge in [0.15, 0.2) is 5.13 Å². The summed E-state index contributed by atoms with van der Waals surface area (Å²) in [5, 5.41) is 4.16. The number of thiazole rings is 1. The van der Waals surface area contributed by atoms with Crippen LogP contribution in [0.4, 0.5) is 10.8 Å². The first-order valence-electron chi connectivity index (χ1n) is 9.09. The van der Waals surface area contributed by atoms with Gasteiger partial charge in [-0.3, -0.25) is 4.79 Å². The maximum atomic E-state index is 12.8. The third-order valence-electron chi connectivity index (χ3n) is 5.00. The Morgan fingerprint density at radius 1 is 1.23 bits per heavy atom. The summed E-state index contributed by atoms with van der Waals surface area (Å²) in [5.41, 5.74) is 4.22. The molecule has 0 unspecified atom stereocenters. The van der Waals surface area contributed by atoms with Gasteiger partial charge in [-0.15, -0.1) is 0 Å². The highest BCUT2D eigenvalue weighted by Crippen LogP contribution is 2.31. The van der Waals surface area contributed by atoms with Crippen molar-refractivity contribution in [3.8, 4) is 0 Å². The van der Waals surface area contributed by atoms with E-state index in [9.17, 15) is 4.79 Å². The van der Waals surface area contributed by atoms with E-state index in [0.717, 1.165) is 53.4 Å². The number of hydrogen-bond donors (Lipinski definition) is 1. The first kappa shape index (κ1) is 17.0. The number of aryl methyl sites for hydroxylation is 2. The van der Waals surface area contributed by atoms with Crippen LogP contribution in [0, 0.1) is 19.8 Å². The van der Waals surface area contributed by atoms with Gasteiger partial charge in [0.05, 0.1) is 16.1 Å². The summed E-state index contributed by atoms with van der Waals surface area (Å²) in [6.45, 7) is 5.78. The summed E-state index contributed by atoms with van der Waals surface area (Å²) in [6, 6.07) is 14.4. The Morgan fingerprint density at radius 3 is 2.92 bits per heavy atom. The highest BCUT2D eigenvalue weighted by Gasteiger charge is 2.27. The van der Waals surface area contributed by atoms with Crippen LogP contribution in [0.1, 0.15) is 24.0 Å².